The number of barbiturate groups is 1. The lowest BCUT2D eigenvalue weighted by molar-refractivity contribution is -0.122. The molecular formula is C24H16BrClN2O3. The van der Waals surface area contributed by atoms with Crippen LogP contribution in [0.3, 0.4) is 0 Å². The number of urea groups is 1. The lowest BCUT2D eigenvalue weighted by Crippen LogP contribution is -2.54. The molecule has 0 atom stereocenters. The molecule has 1 saturated heterocycles. The molecule has 0 spiro atoms. The molecule has 0 saturated carbocycles. The molecule has 154 valence electrons. The normalized spacial score (nSPS) is 15.4. The second-order valence-corrected chi connectivity index (χ2v) is 8.19. The van der Waals surface area contributed by atoms with Crippen molar-refractivity contribution in [1.82, 2.24) is 5.32 Å². The van der Waals surface area contributed by atoms with E-state index in [1.807, 2.05) is 48.5 Å². The molecule has 4 amide bonds. The number of anilines is 1. The lowest BCUT2D eigenvalue weighted by Gasteiger charge is -2.26. The van der Waals surface area contributed by atoms with Crippen molar-refractivity contribution >= 4 is 57.1 Å². The molecule has 5 nitrogen and oxygen atoms in total. The number of carbonyl (C=O) groups excluding carboxylic acids is 3. The highest BCUT2D eigenvalue weighted by atomic mass is 79.9. The number of amides is 4. The fourth-order valence-electron chi connectivity index (χ4n) is 3.32. The van der Waals surface area contributed by atoms with E-state index in [1.165, 1.54) is 6.08 Å². The highest BCUT2D eigenvalue weighted by Gasteiger charge is 2.36. The maximum Gasteiger partial charge on any atom is 0.335 e. The van der Waals surface area contributed by atoms with E-state index in [0.717, 1.165) is 26.1 Å². The maximum atomic E-state index is 13.1. The quantitative estimate of drug-likeness (QED) is 0.391. The second-order valence-electron chi connectivity index (χ2n) is 6.90. The van der Waals surface area contributed by atoms with Crippen LogP contribution in [-0.2, 0) is 16.0 Å². The minimum atomic E-state index is -0.795. The zero-order valence-corrected chi connectivity index (χ0v) is 18.5. The molecule has 0 unspecified atom stereocenters. The third-order valence-electron chi connectivity index (χ3n) is 4.88. The number of imide groups is 2. The Hall–Kier alpha value is -3.22. The summed E-state index contributed by atoms with van der Waals surface area (Å²) in [6, 6.07) is 20.8. The smallest absolute Gasteiger partial charge is 0.273 e. The maximum absolute atomic E-state index is 13.1. The van der Waals surface area contributed by atoms with E-state index in [0.29, 0.717) is 17.1 Å². The number of nitrogens with one attached hydrogen (secondary N) is 1. The van der Waals surface area contributed by atoms with Crippen LogP contribution in [-0.4, -0.2) is 17.8 Å². The van der Waals surface area contributed by atoms with Gasteiger partial charge in [-0.15, -0.1) is 0 Å². The summed E-state index contributed by atoms with van der Waals surface area (Å²) in [5, 5.41) is 2.71. The fourth-order valence-corrected chi connectivity index (χ4v) is 3.87. The molecule has 3 aromatic rings. The molecule has 7 heteroatoms. The molecule has 3 aromatic carbocycles. The third-order valence-corrected chi connectivity index (χ3v) is 5.91. The van der Waals surface area contributed by atoms with E-state index in [9.17, 15) is 14.4 Å². The summed E-state index contributed by atoms with van der Waals surface area (Å²) in [5.41, 5.74) is 2.95. The van der Waals surface area contributed by atoms with E-state index in [4.69, 9.17) is 11.6 Å². The van der Waals surface area contributed by atoms with Gasteiger partial charge in [-0.1, -0.05) is 70.0 Å². The van der Waals surface area contributed by atoms with Crippen LogP contribution < -0.4 is 10.2 Å². The van der Waals surface area contributed by atoms with Crippen molar-refractivity contribution < 1.29 is 14.4 Å². The summed E-state index contributed by atoms with van der Waals surface area (Å²) in [5.74, 6) is -1.41. The van der Waals surface area contributed by atoms with E-state index in [-0.39, 0.29) is 5.57 Å². The Bertz CT molecular complexity index is 1220. The van der Waals surface area contributed by atoms with Gasteiger partial charge in [0.15, 0.2) is 0 Å². The highest BCUT2D eigenvalue weighted by molar-refractivity contribution is 9.10. The van der Waals surface area contributed by atoms with Gasteiger partial charge in [-0.25, -0.2) is 9.69 Å². The van der Waals surface area contributed by atoms with Crippen LogP contribution >= 0.6 is 27.5 Å². The van der Waals surface area contributed by atoms with Crippen LogP contribution in [0.5, 0.6) is 0 Å². The monoisotopic (exact) mass is 494 g/mol. The zero-order chi connectivity index (χ0) is 22.0. The molecular weight excluding hydrogens is 480 g/mol. The molecule has 0 aromatic heterocycles. The molecule has 1 aliphatic rings. The van der Waals surface area contributed by atoms with Crippen molar-refractivity contribution in [3.63, 3.8) is 0 Å². The van der Waals surface area contributed by atoms with Crippen molar-refractivity contribution in [1.29, 1.82) is 0 Å². The molecule has 1 heterocycles. The number of carbonyl (C=O) groups is 3. The fraction of sp³-hybridized carbons (Fsp3) is 0.0417. The van der Waals surface area contributed by atoms with Crippen molar-refractivity contribution in [3.8, 4) is 0 Å². The summed E-state index contributed by atoms with van der Waals surface area (Å²) in [6.07, 6.45) is 2.14. The van der Waals surface area contributed by atoms with Crippen LogP contribution in [0.4, 0.5) is 10.5 Å². The molecule has 1 aliphatic heterocycles. The van der Waals surface area contributed by atoms with Gasteiger partial charge in [0.1, 0.15) is 5.57 Å². The van der Waals surface area contributed by atoms with Gasteiger partial charge in [0, 0.05) is 9.50 Å². The first kappa shape index (κ1) is 21.0. The Morgan fingerprint density at radius 2 is 1.52 bits per heavy atom. The van der Waals surface area contributed by atoms with E-state index >= 15 is 0 Å². The largest absolute Gasteiger partial charge is 0.335 e. The number of hydrogen-bond donors (Lipinski definition) is 1. The molecule has 0 aliphatic carbocycles. The van der Waals surface area contributed by atoms with Gasteiger partial charge in [0.05, 0.1) is 5.69 Å². The second kappa shape index (κ2) is 8.88. The predicted molar refractivity (Wildman–Crippen MR) is 124 cm³/mol. The Morgan fingerprint density at radius 3 is 2.23 bits per heavy atom. The SMILES string of the molecule is O=C1NC(=O)N(c2ccc(Cl)cc2)C(=O)/C1=C/c1ccccc1Cc1ccccc1Br. The summed E-state index contributed by atoms with van der Waals surface area (Å²) in [6.45, 7) is 0. The Labute approximate surface area is 192 Å². The van der Waals surface area contributed by atoms with Crippen molar-refractivity contribution in [2.45, 2.75) is 6.42 Å². The van der Waals surface area contributed by atoms with Crippen LogP contribution in [0, 0.1) is 0 Å². The van der Waals surface area contributed by atoms with Gasteiger partial charge >= 0.3 is 6.03 Å². The lowest BCUT2D eigenvalue weighted by atomic mass is 9.97. The van der Waals surface area contributed by atoms with Crippen LogP contribution in [0.1, 0.15) is 16.7 Å². The minimum absolute atomic E-state index is 0.117. The van der Waals surface area contributed by atoms with Crippen LogP contribution in [0.15, 0.2) is 82.8 Å². The predicted octanol–water partition coefficient (Wildman–Crippen LogP) is 5.36. The average molecular weight is 496 g/mol. The van der Waals surface area contributed by atoms with Crippen LogP contribution in [0.25, 0.3) is 6.08 Å². The first-order valence-corrected chi connectivity index (χ1v) is 10.6. The molecule has 31 heavy (non-hydrogen) atoms. The number of rotatable bonds is 4. The van der Waals surface area contributed by atoms with Gasteiger partial charge in [-0.05, 0) is 59.5 Å². The standard InChI is InChI=1S/C24H16BrClN2O3/c25-21-8-4-3-7-17(21)13-15-5-1-2-6-16(15)14-20-22(29)27-24(31)28(23(20)30)19-11-9-18(26)10-12-19/h1-12,14H,13H2,(H,27,29,31)/b20-14+. The number of halogens is 2. The molecule has 0 bridgehead atoms. The van der Waals surface area contributed by atoms with E-state index < -0.39 is 17.8 Å². The zero-order valence-electron chi connectivity index (χ0n) is 16.1. The Morgan fingerprint density at radius 1 is 0.871 bits per heavy atom. The van der Waals surface area contributed by atoms with Gasteiger partial charge in [0.2, 0.25) is 0 Å². The van der Waals surface area contributed by atoms with E-state index in [2.05, 4.69) is 21.2 Å². The van der Waals surface area contributed by atoms with Crippen molar-refractivity contribution in [2.24, 2.45) is 0 Å². The molecule has 1 N–H and O–H groups in total. The molecule has 1 fully saturated rings. The van der Waals surface area contributed by atoms with E-state index in [1.54, 1.807) is 24.3 Å². The summed E-state index contributed by atoms with van der Waals surface area (Å²) >= 11 is 9.46. The first-order chi connectivity index (χ1) is 14.9. The summed E-state index contributed by atoms with van der Waals surface area (Å²) in [7, 11) is 0. The molecule has 0 radical (unpaired) electrons. The van der Waals surface area contributed by atoms with Crippen molar-refractivity contribution in [2.75, 3.05) is 4.90 Å². The summed E-state index contributed by atoms with van der Waals surface area (Å²) in [4.78, 5) is 38.9. The molecule has 4 rings (SSSR count). The topological polar surface area (TPSA) is 66.5 Å². The van der Waals surface area contributed by atoms with Gasteiger partial charge in [0.25, 0.3) is 11.8 Å². The highest BCUT2D eigenvalue weighted by Crippen LogP contribution is 2.26. The van der Waals surface area contributed by atoms with Crippen LogP contribution in [0.2, 0.25) is 5.02 Å². The van der Waals surface area contributed by atoms with Gasteiger partial charge in [-0.2, -0.15) is 0 Å². The number of hydrogen-bond acceptors (Lipinski definition) is 3. The number of nitrogens with zero attached hydrogens (tertiary/aromatic N) is 1. The first-order valence-electron chi connectivity index (χ1n) is 9.42. The summed E-state index contributed by atoms with van der Waals surface area (Å²) < 4.78 is 0.975. The third kappa shape index (κ3) is 4.45. The Balaban J connectivity index is 1.71. The number of benzene rings is 3. The minimum Gasteiger partial charge on any atom is -0.273 e. The van der Waals surface area contributed by atoms with Gasteiger partial charge in [-0.3, -0.25) is 14.9 Å². The van der Waals surface area contributed by atoms with Crippen molar-refractivity contribution in [3.05, 3.63) is 105 Å². The average Bonchev–Trinajstić information content (AvgIpc) is 2.75. The Kier molecular flexibility index (Phi) is 6.02. The van der Waals surface area contributed by atoms with Gasteiger partial charge < -0.3 is 0 Å².